The van der Waals surface area contributed by atoms with E-state index in [2.05, 4.69) is 17.3 Å². The van der Waals surface area contributed by atoms with Crippen molar-refractivity contribution in [3.63, 3.8) is 0 Å². The van der Waals surface area contributed by atoms with Crippen LogP contribution >= 0.6 is 0 Å². The zero-order valence-corrected chi connectivity index (χ0v) is 12.1. The molecule has 1 heterocycles. The first-order valence-corrected chi connectivity index (χ1v) is 7.36. The molecule has 4 heteroatoms. The monoisotopic (exact) mass is 276 g/mol. The smallest absolute Gasteiger partial charge is 0.253 e. The quantitative estimate of drug-likeness (QED) is 0.858. The molecule has 1 unspecified atom stereocenters. The Balaban J connectivity index is 1.70. The summed E-state index contributed by atoms with van der Waals surface area (Å²) in [5.74, 6) is 0.393. The fraction of sp³-hybridized carbons (Fsp3) is 0.562. The van der Waals surface area contributed by atoms with E-state index in [1.165, 1.54) is 12.8 Å². The van der Waals surface area contributed by atoms with Crippen LogP contribution in [0.3, 0.4) is 0 Å². The average molecular weight is 276 g/mol. The summed E-state index contributed by atoms with van der Waals surface area (Å²) in [5, 5.41) is 12.8. The van der Waals surface area contributed by atoms with Crippen LogP contribution in [-0.4, -0.2) is 42.6 Å². The van der Waals surface area contributed by atoms with Crippen LogP contribution in [0.2, 0.25) is 0 Å². The van der Waals surface area contributed by atoms with E-state index in [0.717, 1.165) is 19.5 Å². The minimum Gasteiger partial charge on any atom is -0.378 e. The number of nitrogens with zero attached hydrogens (tertiary/aromatic N) is 1. The molecule has 1 atom stereocenters. The predicted molar refractivity (Wildman–Crippen MR) is 79.2 cm³/mol. The Labute approximate surface area is 120 Å². The zero-order valence-electron chi connectivity index (χ0n) is 12.1. The summed E-state index contributed by atoms with van der Waals surface area (Å²) in [6.45, 7) is 2.94. The minimum atomic E-state index is -1.06. The third-order valence-electron chi connectivity index (χ3n) is 4.05. The van der Waals surface area contributed by atoms with Gasteiger partial charge in [-0.2, -0.15) is 0 Å². The summed E-state index contributed by atoms with van der Waals surface area (Å²) in [6.07, 6.45) is 2.34. The molecule has 2 rings (SSSR count). The first kappa shape index (κ1) is 15.0. The van der Waals surface area contributed by atoms with Gasteiger partial charge in [0.15, 0.2) is 6.10 Å². The molecular formula is C16H24N2O2. The molecule has 1 aliphatic rings. The fourth-order valence-corrected chi connectivity index (χ4v) is 2.63. The van der Waals surface area contributed by atoms with Crippen LogP contribution in [0.4, 0.5) is 0 Å². The number of nitrogens with one attached hydrogen (secondary N) is 1. The summed E-state index contributed by atoms with van der Waals surface area (Å²) < 4.78 is 0. The second kappa shape index (κ2) is 7.41. The van der Waals surface area contributed by atoms with E-state index >= 15 is 0 Å². The van der Waals surface area contributed by atoms with Crippen LogP contribution in [-0.2, 0) is 4.79 Å². The lowest BCUT2D eigenvalue weighted by molar-refractivity contribution is -0.129. The van der Waals surface area contributed by atoms with Crippen LogP contribution in [0.1, 0.15) is 30.9 Å². The maximum Gasteiger partial charge on any atom is 0.253 e. The number of carbonyl (C=O) groups excluding carboxylic acids is 1. The Kier molecular flexibility index (Phi) is 5.56. The summed E-state index contributed by atoms with van der Waals surface area (Å²) in [7, 11) is 2.15. The van der Waals surface area contributed by atoms with Crippen LogP contribution in [0.15, 0.2) is 30.3 Å². The van der Waals surface area contributed by atoms with Gasteiger partial charge in [0.05, 0.1) is 0 Å². The van der Waals surface area contributed by atoms with E-state index in [9.17, 15) is 9.90 Å². The predicted octanol–water partition coefficient (Wildman–Crippen LogP) is 1.57. The summed E-state index contributed by atoms with van der Waals surface area (Å²) in [4.78, 5) is 14.2. The molecule has 0 aromatic heterocycles. The molecule has 0 bridgehead atoms. The molecule has 2 N–H and O–H groups in total. The van der Waals surface area contributed by atoms with Gasteiger partial charge in [-0.25, -0.2) is 0 Å². The Morgan fingerprint density at radius 2 is 2.00 bits per heavy atom. The standard InChI is InChI=1S/C16H24N2O2/c1-18-11-8-13(9-12-18)7-10-17-16(20)15(19)14-5-3-2-4-6-14/h2-6,13,15,19H,7-12H2,1H3,(H,17,20). The maximum absolute atomic E-state index is 11.9. The van der Waals surface area contributed by atoms with Crippen LogP contribution in [0.25, 0.3) is 0 Å². The number of hydrogen-bond donors (Lipinski definition) is 2. The molecule has 1 aliphatic heterocycles. The number of rotatable bonds is 5. The van der Waals surface area contributed by atoms with Gasteiger partial charge in [-0.1, -0.05) is 30.3 Å². The highest BCUT2D eigenvalue weighted by molar-refractivity contribution is 5.81. The Hall–Kier alpha value is -1.39. The van der Waals surface area contributed by atoms with E-state index < -0.39 is 6.10 Å². The zero-order chi connectivity index (χ0) is 14.4. The number of aliphatic hydroxyl groups excluding tert-OH is 1. The molecule has 0 radical (unpaired) electrons. The van der Waals surface area contributed by atoms with Gasteiger partial charge in [0.2, 0.25) is 0 Å². The lowest BCUT2D eigenvalue weighted by Crippen LogP contribution is -2.34. The Morgan fingerprint density at radius 3 is 2.65 bits per heavy atom. The number of carbonyl (C=O) groups is 1. The van der Waals surface area contributed by atoms with Crippen LogP contribution < -0.4 is 5.32 Å². The highest BCUT2D eigenvalue weighted by atomic mass is 16.3. The third kappa shape index (κ3) is 4.32. The van der Waals surface area contributed by atoms with E-state index in [4.69, 9.17) is 0 Å². The van der Waals surface area contributed by atoms with Gasteiger partial charge in [-0.15, -0.1) is 0 Å². The van der Waals surface area contributed by atoms with Crippen molar-refractivity contribution in [3.8, 4) is 0 Å². The SMILES string of the molecule is CN1CCC(CCNC(=O)C(O)c2ccccc2)CC1. The molecule has 1 aromatic rings. The van der Waals surface area contributed by atoms with E-state index in [1.807, 2.05) is 18.2 Å². The van der Waals surface area contributed by atoms with Crippen molar-refractivity contribution in [2.24, 2.45) is 5.92 Å². The second-order valence-electron chi connectivity index (χ2n) is 5.64. The highest BCUT2D eigenvalue weighted by Crippen LogP contribution is 2.19. The van der Waals surface area contributed by atoms with Crippen molar-refractivity contribution in [1.82, 2.24) is 10.2 Å². The first-order valence-electron chi connectivity index (χ1n) is 7.36. The number of amides is 1. The van der Waals surface area contributed by atoms with E-state index in [-0.39, 0.29) is 5.91 Å². The molecular weight excluding hydrogens is 252 g/mol. The van der Waals surface area contributed by atoms with Gasteiger partial charge >= 0.3 is 0 Å². The fourth-order valence-electron chi connectivity index (χ4n) is 2.63. The summed E-state index contributed by atoms with van der Waals surface area (Å²) in [5.41, 5.74) is 0.643. The van der Waals surface area contributed by atoms with E-state index in [0.29, 0.717) is 18.0 Å². The van der Waals surface area contributed by atoms with Gasteiger partial charge in [0.1, 0.15) is 0 Å². The molecule has 1 fully saturated rings. The lowest BCUT2D eigenvalue weighted by Gasteiger charge is -2.28. The average Bonchev–Trinajstić information content (AvgIpc) is 2.49. The van der Waals surface area contributed by atoms with Gasteiger partial charge < -0.3 is 15.3 Å². The molecule has 1 aromatic carbocycles. The van der Waals surface area contributed by atoms with Gasteiger partial charge in [-0.05, 0) is 50.9 Å². The maximum atomic E-state index is 11.9. The van der Waals surface area contributed by atoms with Gasteiger partial charge in [0, 0.05) is 6.54 Å². The van der Waals surface area contributed by atoms with Gasteiger partial charge in [0.25, 0.3) is 5.91 Å². The summed E-state index contributed by atoms with van der Waals surface area (Å²) in [6, 6.07) is 9.05. The number of hydrogen-bond acceptors (Lipinski definition) is 3. The van der Waals surface area contributed by atoms with Crippen molar-refractivity contribution in [2.75, 3.05) is 26.7 Å². The largest absolute Gasteiger partial charge is 0.378 e. The lowest BCUT2D eigenvalue weighted by atomic mass is 9.94. The molecule has 0 aliphatic carbocycles. The van der Waals surface area contributed by atoms with Crippen molar-refractivity contribution < 1.29 is 9.90 Å². The number of benzene rings is 1. The molecule has 1 saturated heterocycles. The van der Waals surface area contributed by atoms with Crippen LogP contribution in [0, 0.1) is 5.92 Å². The van der Waals surface area contributed by atoms with E-state index in [1.54, 1.807) is 12.1 Å². The van der Waals surface area contributed by atoms with Crippen LogP contribution in [0.5, 0.6) is 0 Å². The minimum absolute atomic E-state index is 0.302. The topological polar surface area (TPSA) is 52.6 Å². The molecule has 0 spiro atoms. The van der Waals surface area contributed by atoms with Crippen molar-refractivity contribution in [1.29, 1.82) is 0 Å². The molecule has 110 valence electrons. The Bertz CT molecular complexity index is 414. The Morgan fingerprint density at radius 1 is 1.35 bits per heavy atom. The number of piperidine rings is 1. The normalized spacial score (nSPS) is 18.7. The third-order valence-corrected chi connectivity index (χ3v) is 4.05. The van der Waals surface area contributed by atoms with Crippen molar-refractivity contribution >= 4 is 5.91 Å². The summed E-state index contributed by atoms with van der Waals surface area (Å²) >= 11 is 0. The second-order valence-corrected chi connectivity index (χ2v) is 5.64. The molecule has 1 amide bonds. The number of likely N-dealkylation sites (tertiary alicyclic amines) is 1. The molecule has 20 heavy (non-hydrogen) atoms. The highest BCUT2D eigenvalue weighted by Gasteiger charge is 2.19. The number of aliphatic hydroxyl groups is 1. The van der Waals surface area contributed by atoms with Crippen molar-refractivity contribution in [2.45, 2.75) is 25.4 Å². The first-order chi connectivity index (χ1) is 9.66. The molecule has 4 nitrogen and oxygen atoms in total. The van der Waals surface area contributed by atoms with Gasteiger partial charge in [-0.3, -0.25) is 4.79 Å². The molecule has 0 saturated carbocycles. The van der Waals surface area contributed by atoms with Crippen molar-refractivity contribution in [3.05, 3.63) is 35.9 Å².